The lowest BCUT2D eigenvalue weighted by Crippen LogP contribution is -2.37. The average Bonchev–Trinajstić information content (AvgIpc) is 2.87. The van der Waals surface area contributed by atoms with Crippen LogP contribution >= 0.6 is 0 Å². The maximum Gasteiger partial charge on any atom is 0.254 e. The summed E-state index contributed by atoms with van der Waals surface area (Å²) in [6, 6.07) is 15.9. The minimum Gasteiger partial charge on any atom is -0.495 e. The normalized spacial score (nSPS) is 10.3. The number of likely N-dealkylation sites (N-methyl/N-ethyl adjacent to an activating group) is 1. The van der Waals surface area contributed by atoms with Gasteiger partial charge in [0.2, 0.25) is 5.91 Å². The van der Waals surface area contributed by atoms with E-state index in [4.69, 9.17) is 14.2 Å². The quantitative estimate of drug-likeness (QED) is 0.459. The van der Waals surface area contributed by atoms with Crippen molar-refractivity contribution < 1.29 is 23.8 Å². The Kier molecular flexibility index (Phi) is 8.85. The van der Waals surface area contributed by atoms with Gasteiger partial charge in [0.15, 0.2) is 11.5 Å². The molecule has 0 bridgehead atoms. The number of amides is 2. The number of nitrogens with one attached hydrogen (secondary N) is 1. The molecule has 1 N–H and O–H groups in total. The Morgan fingerprint density at radius 3 is 2.41 bits per heavy atom. The minimum absolute atomic E-state index is 0.0996. The molecule has 178 valence electrons. The van der Waals surface area contributed by atoms with Crippen molar-refractivity contribution in [2.75, 3.05) is 32.1 Å². The van der Waals surface area contributed by atoms with Gasteiger partial charge in [0.05, 0.1) is 19.4 Å². The molecule has 2 amide bonds. The Morgan fingerprint density at radius 2 is 1.71 bits per heavy atom. The smallest absolute Gasteiger partial charge is 0.254 e. The summed E-state index contributed by atoms with van der Waals surface area (Å²) in [6.07, 6.45) is 3.40. The fourth-order valence-electron chi connectivity index (χ4n) is 3.29. The summed E-state index contributed by atoms with van der Waals surface area (Å²) in [4.78, 5) is 31.2. The van der Waals surface area contributed by atoms with Crippen LogP contribution in [0, 0.1) is 0 Å². The van der Waals surface area contributed by atoms with Gasteiger partial charge in [-0.15, -0.1) is 0 Å². The number of nitrogens with zero attached hydrogens (tertiary/aromatic N) is 2. The molecule has 0 saturated carbocycles. The van der Waals surface area contributed by atoms with Gasteiger partial charge in [-0.25, -0.2) is 0 Å². The highest BCUT2D eigenvalue weighted by Gasteiger charge is 2.20. The first kappa shape index (κ1) is 24.6. The van der Waals surface area contributed by atoms with Gasteiger partial charge in [-0.1, -0.05) is 12.1 Å². The first-order chi connectivity index (χ1) is 16.5. The third-order valence-electron chi connectivity index (χ3n) is 5.02. The fraction of sp³-hybridized carbons (Fsp3) is 0.269. The highest BCUT2D eigenvalue weighted by molar-refractivity contribution is 6.00. The summed E-state index contributed by atoms with van der Waals surface area (Å²) in [5, 5.41) is 2.80. The molecular weight excluding hydrogens is 434 g/mol. The Labute approximate surface area is 199 Å². The van der Waals surface area contributed by atoms with E-state index in [9.17, 15) is 9.59 Å². The number of anilines is 1. The Hall–Kier alpha value is -4.07. The average molecular weight is 464 g/mol. The van der Waals surface area contributed by atoms with Crippen molar-refractivity contribution >= 4 is 17.5 Å². The van der Waals surface area contributed by atoms with Crippen LogP contribution in [0.15, 0.2) is 67.0 Å². The van der Waals surface area contributed by atoms with E-state index in [2.05, 4.69) is 10.3 Å². The van der Waals surface area contributed by atoms with E-state index in [0.717, 1.165) is 5.56 Å². The second-order valence-corrected chi connectivity index (χ2v) is 7.31. The van der Waals surface area contributed by atoms with E-state index in [1.165, 1.54) is 12.0 Å². The van der Waals surface area contributed by atoms with E-state index in [1.807, 2.05) is 32.0 Å². The summed E-state index contributed by atoms with van der Waals surface area (Å²) < 4.78 is 16.9. The number of hydrogen-bond acceptors (Lipinski definition) is 6. The zero-order valence-corrected chi connectivity index (χ0v) is 19.6. The molecule has 2 aromatic carbocycles. The van der Waals surface area contributed by atoms with E-state index in [-0.39, 0.29) is 18.4 Å². The van der Waals surface area contributed by atoms with Gasteiger partial charge in [-0.2, -0.15) is 0 Å². The molecule has 34 heavy (non-hydrogen) atoms. The summed E-state index contributed by atoms with van der Waals surface area (Å²) in [7, 11) is 1.53. The van der Waals surface area contributed by atoms with Gasteiger partial charge in [-0.3, -0.25) is 14.6 Å². The molecule has 8 nitrogen and oxygen atoms in total. The maximum absolute atomic E-state index is 13.2. The molecule has 1 heterocycles. The predicted molar refractivity (Wildman–Crippen MR) is 129 cm³/mol. The highest BCUT2D eigenvalue weighted by Crippen LogP contribution is 2.30. The van der Waals surface area contributed by atoms with Crippen LogP contribution in [0.25, 0.3) is 0 Å². The van der Waals surface area contributed by atoms with Crippen molar-refractivity contribution in [1.82, 2.24) is 9.88 Å². The molecule has 0 spiro atoms. The van der Waals surface area contributed by atoms with Crippen LogP contribution in [0.2, 0.25) is 0 Å². The second kappa shape index (κ2) is 12.2. The SMILES string of the molecule is CCOc1cc(C(=O)N(CC)CC(=O)Nc2ccccc2OC)ccc1OCc1ccncc1. The number of ether oxygens (including phenoxy) is 3. The summed E-state index contributed by atoms with van der Waals surface area (Å²) in [6.45, 7) is 4.72. The van der Waals surface area contributed by atoms with Crippen LogP contribution in [0.3, 0.4) is 0 Å². The number of carbonyl (C=O) groups is 2. The molecule has 1 aromatic heterocycles. The lowest BCUT2D eigenvalue weighted by atomic mass is 10.1. The number of rotatable bonds is 11. The number of methoxy groups -OCH3 is 1. The third kappa shape index (κ3) is 6.48. The highest BCUT2D eigenvalue weighted by atomic mass is 16.5. The van der Waals surface area contributed by atoms with Crippen molar-refractivity contribution in [2.24, 2.45) is 0 Å². The number of carbonyl (C=O) groups excluding carboxylic acids is 2. The zero-order chi connectivity index (χ0) is 24.3. The molecule has 0 unspecified atom stereocenters. The molecule has 0 atom stereocenters. The van der Waals surface area contributed by atoms with Crippen molar-refractivity contribution in [3.8, 4) is 17.2 Å². The van der Waals surface area contributed by atoms with Crippen LogP contribution in [0.4, 0.5) is 5.69 Å². The van der Waals surface area contributed by atoms with E-state index in [0.29, 0.717) is 48.3 Å². The minimum atomic E-state index is -0.318. The topological polar surface area (TPSA) is 90.0 Å². The van der Waals surface area contributed by atoms with Gasteiger partial charge in [0, 0.05) is 24.5 Å². The van der Waals surface area contributed by atoms with E-state index >= 15 is 0 Å². The van der Waals surface area contributed by atoms with E-state index in [1.54, 1.807) is 48.8 Å². The number of benzene rings is 2. The van der Waals surface area contributed by atoms with Crippen molar-refractivity contribution in [1.29, 1.82) is 0 Å². The summed E-state index contributed by atoms with van der Waals surface area (Å²) in [5.74, 6) is 0.958. The molecule has 0 radical (unpaired) electrons. The van der Waals surface area contributed by atoms with Gasteiger partial charge >= 0.3 is 0 Å². The number of aromatic nitrogens is 1. The van der Waals surface area contributed by atoms with Gasteiger partial charge in [0.25, 0.3) is 5.91 Å². The molecule has 8 heteroatoms. The Balaban J connectivity index is 1.70. The largest absolute Gasteiger partial charge is 0.495 e. The molecule has 0 aliphatic carbocycles. The number of para-hydroxylation sites is 2. The molecule has 0 aliphatic heterocycles. The predicted octanol–water partition coefficient (Wildman–Crippen LogP) is 4.17. The summed E-state index contributed by atoms with van der Waals surface area (Å²) in [5.41, 5.74) is 1.93. The molecule has 0 saturated heterocycles. The maximum atomic E-state index is 13.2. The van der Waals surface area contributed by atoms with Crippen molar-refractivity contribution in [3.05, 3.63) is 78.1 Å². The van der Waals surface area contributed by atoms with Crippen molar-refractivity contribution in [3.63, 3.8) is 0 Å². The molecule has 0 aliphatic rings. The molecular formula is C26H29N3O5. The van der Waals surface area contributed by atoms with Crippen LogP contribution in [-0.4, -0.2) is 48.5 Å². The second-order valence-electron chi connectivity index (χ2n) is 7.31. The standard InChI is InChI=1S/C26H29N3O5/c1-4-29(17-25(30)28-21-8-6-7-9-22(21)32-3)26(31)20-10-11-23(24(16-20)33-5-2)34-18-19-12-14-27-15-13-19/h6-16H,4-5,17-18H2,1-3H3,(H,28,30). The van der Waals surface area contributed by atoms with E-state index < -0.39 is 0 Å². The van der Waals surface area contributed by atoms with Crippen LogP contribution in [-0.2, 0) is 11.4 Å². The third-order valence-corrected chi connectivity index (χ3v) is 5.02. The Morgan fingerprint density at radius 1 is 0.941 bits per heavy atom. The van der Waals surface area contributed by atoms with Crippen molar-refractivity contribution in [2.45, 2.75) is 20.5 Å². The lowest BCUT2D eigenvalue weighted by molar-refractivity contribution is -0.116. The monoisotopic (exact) mass is 463 g/mol. The van der Waals surface area contributed by atoms with Gasteiger partial charge < -0.3 is 24.4 Å². The molecule has 0 fully saturated rings. The number of pyridine rings is 1. The van der Waals surface area contributed by atoms with Gasteiger partial charge in [-0.05, 0) is 61.9 Å². The molecule has 3 aromatic rings. The first-order valence-corrected chi connectivity index (χ1v) is 11.1. The zero-order valence-electron chi connectivity index (χ0n) is 19.6. The fourth-order valence-corrected chi connectivity index (χ4v) is 3.29. The number of hydrogen-bond donors (Lipinski definition) is 1. The van der Waals surface area contributed by atoms with Crippen LogP contribution in [0.1, 0.15) is 29.8 Å². The van der Waals surface area contributed by atoms with Gasteiger partial charge in [0.1, 0.15) is 18.9 Å². The van der Waals surface area contributed by atoms with Crippen LogP contribution < -0.4 is 19.5 Å². The first-order valence-electron chi connectivity index (χ1n) is 11.1. The Bertz CT molecular complexity index is 1100. The van der Waals surface area contributed by atoms with Crippen LogP contribution in [0.5, 0.6) is 17.2 Å². The lowest BCUT2D eigenvalue weighted by Gasteiger charge is -2.21. The molecule has 3 rings (SSSR count). The summed E-state index contributed by atoms with van der Waals surface area (Å²) >= 11 is 0.